The number of rotatable bonds is 7. The first kappa shape index (κ1) is 21.9. The van der Waals surface area contributed by atoms with Crippen LogP contribution in [0.1, 0.15) is 67.0 Å². The number of benzene rings is 2. The summed E-state index contributed by atoms with van der Waals surface area (Å²) in [6, 6.07) is 9.77. The number of hydrogen-bond donors (Lipinski definition) is 1. The molecule has 1 heterocycles. The Morgan fingerprint density at radius 3 is 2.53 bits per heavy atom. The van der Waals surface area contributed by atoms with Crippen molar-refractivity contribution in [3.63, 3.8) is 0 Å². The van der Waals surface area contributed by atoms with Gasteiger partial charge in [-0.25, -0.2) is 0 Å². The Morgan fingerprint density at radius 2 is 1.87 bits per heavy atom. The number of hydrogen-bond acceptors (Lipinski definition) is 3. The number of amides is 2. The van der Waals surface area contributed by atoms with E-state index < -0.39 is 6.04 Å². The third-order valence-electron chi connectivity index (χ3n) is 5.49. The van der Waals surface area contributed by atoms with Crippen molar-refractivity contribution in [1.29, 1.82) is 0 Å². The molecule has 0 fully saturated rings. The molecular formula is C25H32N2O3. The third-order valence-corrected chi connectivity index (χ3v) is 5.49. The Balaban J connectivity index is 1.73. The summed E-state index contributed by atoms with van der Waals surface area (Å²) in [5.74, 6) is 1.02. The minimum absolute atomic E-state index is 0.0766. The highest BCUT2D eigenvalue weighted by atomic mass is 16.5. The molecule has 0 saturated heterocycles. The minimum Gasteiger partial charge on any atom is -0.493 e. The van der Waals surface area contributed by atoms with Gasteiger partial charge >= 0.3 is 0 Å². The largest absolute Gasteiger partial charge is 0.493 e. The minimum atomic E-state index is -0.610. The Hall–Kier alpha value is -2.82. The highest BCUT2D eigenvalue weighted by Gasteiger charge is 2.38. The zero-order valence-corrected chi connectivity index (χ0v) is 18.8. The molecule has 1 N–H and O–H groups in total. The van der Waals surface area contributed by atoms with Gasteiger partial charge in [-0.3, -0.25) is 9.59 Å². The average molecular weight is 409 g/mol. The fourth-order valence-corrected chi connectivity index (χ4v) is 4.19. The quantitative estimate of drug-likeness (QED) is 0.674. The molecule has 2 aromatic carbocycles. The standard InChI is InChI=1S/C25H32N2O3/c1-15(2)20-9-8-16(3)14-22(20)30-11-7-10-27-24-18(5)12-17(4)13-21(24)23(25(27)29)26-19(6)28/h8-9,12-15,23H,7,10-11H2,1-6H3,(H,26,28)/t23-/m1/s1. The lowest BCUT2D eigenvalue weighted by molar-refractivity contribution is -0.126. The smallest absolute Gasteiger partial charge is 0.254 e. The van der Waals surface area contributed by atoms with E-state index in [1.54, 1.807) is 4.90 Å². The van der Waals surface area contributed by atoms with E-state index in [1.165, 1.54) is 18.1 Å². The van der Waals surface area contributed by atoms with E-state index >= 15 is 0 Å². The molecule has 2 amide bonds. The number of fused-ring (bicyclic) bond motifs is 1. The molecular weight excluding hydrogens is 376 g/mol. The van der Waals surface area contributed by atoms with Crippen LogP contribution in [0.5, 0.6) is 5.75 Å². The third kappa shape index (κ3) is 4.50. The molecule has 0 saturated carbocycles. The van der Waals surface area contributed by atoms with Gasteiger partial charge in [0.2, 0.25) is 5.91 Å². The van der Waals surface area contributed by atoms with Crippen LogP contribution >= 0.6 is 0 Å². The lowest BCUT2D eigenvalue weighted by atomic mass is 10.0. The van der Waals surface area contributed by atoms with Gasteiger partial charge in [0, 0.05) is 19.0 Å². The highest BCUT2D eigenvalue weighted by molar-refractivity contribution is 6.06. The van der Waals surface area contributed by atoms with Crippen LogP contribution in [0.4, 0.5) is 5.69 Å². The summed E-state index contributed by atoms with van der Waals surface area (Å²) in [6.45, 7) is 12.9. The van der Waals surface area contributed by atoms with Crippen LogP contribution in [0, 0.1) is 20.8 Å². The molecule has 0 bridgehead atoms. The second kappa shape index (κ2) is 8.90. The fourth-order valence-electron chi connectivity index (χ4n) is 4.19. The lowest BCUT2D eigenvalue weighted by Crippen LogP contribution is -2.37. The van der Waals surface area contributed by atoms with Gasteiger partial charge < -0.3 is 15.0 Å². The first-order valence-electron chi connectivity index (χ1n) is 10.6. The molecule has 0 unspecified atom stereocenters. The van der Waals surface area contributed by atoms with E-state index in [-0.39, 0.29) is 11.8 Å². The molecule has 1 aliphatic rings. The van der Waals surface area contributed by atoms with Gasteiger partial charge in [0.25, 0.3) is 5.91 Å². The second-order valence-corrected chi connectivity index (χ2v) is 8.54. The molecule has 1 aliphatic heterocycles. The lowest BCUT2D eigenvalue weighted by Gasteiger charge is -2.20. The summed E-state index contributed by atoms with van der Waals surface area (Å²) in [5.41, 5.74) is 6.30. The molecule has 0 aromatic heterocycles. The molecule has 30 heavy (non-hydrogen) atoms. The van der Waals surface area contributed by atoms with Gasteiger partial charge in [0.15, 0.2) is 0 Å². The summed E-state index contributed by atoms with van der Waals surface area (Å²) in [6.07, 6.45) is 0.705. The first-order chi connectivity index (χ1) is 14.2. The summed E-state index contributed by atoms with van der Waals surface area (Å²) < 4.78 is 6.10. The monoisotopic (exact) mass is 408 g/mol. The fraction of sp³-hybridized carbons (Fsp3) is 0.440. The predicted octanol–water partition coefficient (Wildman–Crippen LogP) is 4.73. The molecule has 0 spiro atoms. The maximum Gasteiger partial charge on any atom is 0.254 e. The van der Waals surface area contributed by atoms with Crippen LogP contribution in [0.25, 0.3) is 0 Å². The Morgan fingerprint density at radius 1 is 1.13 bits per heavy atom. The van der Waals surface area contributed by atoms with Crippen molar-refractivity contribution in [1.82, 2.24) is 5.32 Å². The number of carbonyl (C=O) groups is 2. The number of nitrogens with one attached hydrogen (secondary N) is 1. The summed E-state index contributed by atoms with van der Waals surface area (Å²) in [4.78, 5) is 26.5. The van der Waals surface area contributed by atoms with Crippen LogP contribution in [0.15, 0.2) is 30.3 Å². The van der Waals surface area contributed by atoms with Crippen molar-refractivity contribution >= 4 is 17.5 Å². The van der Waals surface area contributed by atoms with Crippen molar-refractivity contribution in [3.8, 4) is 5.75 Å². The van der Waals surface area contributed by atoms with E-state index in [0.29, 0.717) is 25.5 Å². The van der Waals surface area contributed by atoms with Crippen molar-refractivity contribution < 1.29 is 14.3 Å². The maximum atomic E-state index is 13.1. The average Bonchev–Trinajstić information content (AvgIpc) is 2.90. The van der Waals surface area contributed by atoms with E-state index in [9.17, 15) is 9.59 Å². The molecule has 160 valence electrons. The first-order valence-corrected chi connectivity index (χ1v) is 10.6. The number of aryl methyl sites for hydroxylation is 3. The van der Waals surface area contributed by atoms with Crippen LogP contribution in [0.2, 0.25) is 0 Å². The van der Waals surface area contributed by atoms with Gasteiger partial charge in [0.1, 0.15) is 11.8 Å². The van der Waals surface area contributed by atoms with E-state index in [2.05, 4.69) is 50.4 Å². The van der Waals surface area contributed by atoms with E-state index in [4.69, 9.17) is 4.74 Å². The molecule has 0 radical (unpaired) electrons. The van der Waals surface area contributed by atoms with Crippen molar-refractivity contribution in [3.05, 3.63) is 58.1 Å². The summed E-state index contributed by atoms with van der Waals surface area (Å²) in [5, 5.41) is 2.81. The topological polar surface area (TPSA) is 58.6 Å². The number of nitrogens with zero attached hydrogens (tertiary/aromatic N) is 1. The van der Waals surface area contributed by atoms with Gasteiger partial charge in [-0.1, -0.05) is 43.7 Å². The number of ether oxygens (including phenoxy) is 1. The van der Waals surface area contributed by atoms with E-state index in [0.717, 1.165) is 28.1 Å². The Labute approximate surface area is 179 Å². The highest BCUT2D eigenvalue weighted by Crippen LogP contribution is 2.39. The van der Waals surface area contributed by atoms with Gasteiger partial charge in [-0.15, -0.1) is 0 Å². The zero-order chi connectivity index (χ0) is 22.0. The molecule has 5 heteroatoms. The van der Waals surface area contributed by atoms with Crippen LogP contribution in [0.3, 0.4) is 0 Å². The SMILES string of the molecule is CC(=O)N[C@H]1C(=O)N(CCCOc2cc(C)ccc2C(C)C)c2c(C)cc(C)cc21. The normalized spacial score (nSPS) is 15.5. The molecule has 1 atom stereocenters. The Bertz CT molecular complexity index is 965. The van der Waals surface area contributed by atoms with Crippen LogP contribution in [-0.4, -0.2) is 25.0 Å². The Kier molecular flexibility index (Phi) is 6.49. The predicted molar refractivity (Wildman–Crippen MR) is 120 cm³/mol. The second-order valence-electron chi connectivity index (χ2n) is 8.54. The number of anilines is 1. The van der Waals surface area contributed by atoms with E-state index in [1.807, 2.05) is 19.9 Å². The van der Waals surface area contributed by atoms with Gasteiger partial charge in [-0.2, -0.15) is 0 Å². The maximum absolute atomic E-state index is 13.1. The van der Waals surface area contributed by atoms with Crippen molar-refractivity contribution in [2.45, 2.75) is 59.9 Å². The summed E-state index contributed by atoms with van der Waals surface area (Å²) in [7, 11) is 0. The number of carbonyl (C=O) groups excluding carboxylic acids is 2. The van der Waals surface area contributed by atoms with Crippen molar-refractivity contribution in [2.24, 2.45) is 0 Å². The van der Waals surface area contributed by atoms with Crippen LogP contribution < -0.4 is 15.0 Å². The molecule has 5 nitrogen and oxygen atoms in total. The van der Waals surface area contributed by atoms with Crippen LogP contribution in [-0.2, 0) is 9.59 Å². The molecule has 3 rings (SSSR count). The summed E-state index contributed by atoms with van der Waals surface area (Å²) >= 11 is 0. The van der Waals surface area contributed by atoms with Gasteiger partial charge in [0.05, 0.1) is 12.3 Å². The van der Waals surface area contributed by atoms with Gasteiger partial charge in [-0.05, 0) is 55.9 Å². The van der Waals surface area contributed by atoms with Crippen molar-refractivity contribution in [2.75, 3.05) is 18.1 Å². The zero-order valence-electron chi connectivity index (χ0n) is 18.8. The molecule has 2 aromatic rings. The molecule has 0 aliphatic carbocycles.